The van der Waals surface area contributed by atoms with E-state index in [4.69, 9.17) is 4.74 Å². The molecule has 1 heterocycles. The molecule has 72 valence electrons. The molecular weight excluding hydrogens is 180 g/mol. The van der Waals surface area contributed by atoms with Crippen LogP contribution >= 0.6 is 0 Å². The molecule has 2 rings (SSSR count). The predicted molar refractivity (Wildman–Crippen MR) is 53.1 cm³/mol. The Balaban J connectivity index is 2.03. The van der Waals surface area contributed by atoms with Gasteiger partial charge in [0.05, 0.1) is 12.3 Å². The molecule has 1 aromatic carbocycles. The minimum atomic E-state index is -0.326. The molecule has 1 aliphatic rings. The van der Waals surface area contributed by atoms with Crippen LogP contribution in [0.1, 0.15) is 6.42 Å². The van der Waals surface area contributed by atoms with Crippen molar-refractivity contribution in [3.63, 3.8) is 0 Å². The molecule has 0 bridgehead atoms. The maximum absolute atomic E-state index is 11.0. The fraction of sp³-hybridized carbons (Fsp3) is 0.200. The summed E-state index contributed by atoms with van der Waals surface area (Å²) in [5, 5.41) is 3.97. The quantitative estimate of drug-likeness (QED) is 0.566. The van der Waals surface area contributed by atoms with Crippen molar-refractivity contribution in [3.05, 3.63) is 30.3 Å². The molecule has 0 amide bonds. The van der Waals surface area contributed by atoms with Crippen LogP contribution < -0.4 is 5.43 Å². The Morgan fingerprint density at radius 3 is 2.71 bits per heavy atom. The second kappa shape index (κ2) is 3.91. The van der Waals surface area contributed by atoms with Crippen LogP contribution in [0.5, 0.6) is 0 Å². The van der Waals surface area contributed by atoms with Crippen molar-refractivity contribution in [1.29, 1.82) is 0 Å². The van der Waals surface area contributed by atoms with Gasteiger partial charge in [-0.15, -0.1) is 0 Å². The summed E-state index contributed by atoms with van der Waals surface area (Å²) in [4.78, 5) is 11.0. The summed E-state index contributed by atoms with van der Waals surface area (Å²) in [6.45, 7) is 0.439. The lowest BCUT2D eigenvalue weighted by Crippen LogP contribution is -2.08. The predicted octanol–water partition coefficient (Wildman–Crippen LogP) is 1.40. The number of hydrazone groups is 1. The smallest absolute Gasteiger partial charge is 0.354 e. The second-order valence-corrected chi connectivity index (χ2v) is 2.92. The Morgan fingerprint density at radius 1 is 1.29 bits per heavy atom. The Kier molecular flexibility index (Phi) is 2.44. The highest BCUT2D eigenvalue weighted by Gasteiger charge is 2.20. The summed E-state index contributed by atoms with van der Waals surface area (Å²) in [6.07, 6.45) is 0.582. The van der Waals surface area contributed by atoms with Crippen LogP contribution in [0.15, 0.2) is 35.4 Å². The van der Waals surface area contributed by atoms with E-state index >= 15 is 0 Å². The van der Waals surface area contributed by atoms with E-state index in [-0.39, 0.29) is 5.97 Å². The van der Waals surface area contributed by atoms with Crippen molar-refractivity contribution in [1.82, 2.24) is 0 Å². The van der Waals surface area contributed by atoms with Crippen LogP contribution in [-0.4, -0.2) is 18.3 Å². The van der Waals surface area contributed by atoms with E-state index in [0.717, 1.165) is 5.69 Å². The van der Waals surface area contributed by atoms with E-state index in [1.54, 1.807) is 0 Å². The zero-order chi connectivity index (χ0) is 9.80. The molecule has 0 saturated carbocycles. The molecule has 0 atom stereocenters. The third-order valence-corrected chi connectivity index (χ3v) is 1.90. The number of nitrogens with zero attached hydrogens (tertiary/aromatic N) is 1. The third-order valence-electron chi connectivity index (χ3n) is 1.90. The number of benzene rings is 1. The minimum absolute atomic E-state index is 0.326. The maximum atomic E-state index is 11.0. The molecule has 1 N–H and O–H groups in total. The van der Waals surface area contributed by atoms with Gasteiger partial charge in [-0.2, -0.15) is 5.10 Å². The zero-order valence-corrected chi connectivity index (χ0v) is 7.56. The number of esters is 1. The molecule has 0 aliphatic carbocycles. The first-order valence-corrected chi connectivity index (χ1v) is 4.41. The highest BCUT2D eigenvalue weighted by atomic mass is 16.5. The topological polar surface area (TPSA) is 50.7 Å². The second-order valence-electron chi connectivity index (χ2n) is 2.92. The number of anilines is 1. The molecule has 0 unspecified atom stereocenters. The van der Waals surface area contributed by atoms with Crippen molar-refractivity contribution in [2.75, 3.05) is 12.0 Å². The molecule has 4 nitrogen and oxygen atoms in total. The number of nitrogens with one attached hydrogen (secondary N) is 1. The van der Waals surface area contributed by atoms with Crippen molar-refractivity contribution >= 4 is 17.4 Å². The number of rotatable bonds is 2. The summed E-state index contributed by atoms with van der Waals surface area (Å²) < 4.78 is 4.74. The molecule has 0 spiro atoms. The van der Waals surface area contributed by atoms with E-state index in [2.05, 4.69) is 10.5 Å². The fourth-order valence-corrected chi connectivity index (χ4v) is 1.17. The van der Waals surface area contributed by atoms with Gasteiger partial charge in [-0.25, -0.2) is 4.79 Å². The largest absolute Gasteiger partial charge is 0.461 e. The summed E-state index contributed by atoms with van der Waals surface area (Å²) in [5.74, 6) is -0.326. The van der Waals surface area contributed by atoms with Crippen LogP contribution in [0.4, 0.5) is 5.69 Å². The molecule has 1 saturated heterocycles. The molecule has 14 heavy (non-hydrogen) atoms. The van der Waals surface area contributed by atoms with E-state index in [0.29, 0.717) is 18.7 Å². The van der Waals surface area contributed by atoms with Crippen LogP contribution in [-0.2, 0) is 9.53 Å². The van der Waals surface area contributed by atoms with Crippen LogP contribution in [0.25, 0.3) is 0 Å². The number of hydrogen-bond donors (Lipinski definition) is 1. The number of hydrogen-bond acceptors (Lipinski definition) is 4. The van der Waals surface area contributed by atoms with Gasteiger partial charge in [-0.05, 0) is 12.1 Å². The lowest BCUT2D eigenvalue weighted by Gasteiger charge is -1.98. The summed E-state index contributed by atoms with van der Waals surface area (Å²) >= 11 is 0. The van der Waals surface area contributed by atoms with Gasteiger partial charge in [0.25, 0.3) is 0 Å². The number of carbonyl (C=O) groups is 1. The summed E-state index contributed by atoms with van der Waals surface area (Å²) in [6, 6.07) is 9.47. The van der Waals surface area contributed by atoms with Gasteiger partial charge in [-0.1, -0.05) is 18.2 Å². The molecule has 0 radical (unpaired) electrons. The lowest BCUT2D eigenvalue weighted by atomic mass is 10.3. The molecule has 0 aromatic heterocycles. The maximum Gasteiger partial charge on any atom is 0.354 e. The number of ether oxygens (including phenoxy) is 1. The van der Waals surface area contributed by atoms with Crippen LogP contribution in [0.2, 0.25) is 0 Å². The van der Waals surface area contributed by atoms with Crippen molar-refractivity contribution in [2.45, 2.75) is 6.42 Å². The number of para-hydroxylation sites is 1. The molecule has 1 aliphatic heterocycles. The highest BCUT2D eigenvalue weighted by molar-refractivity contribution is 6.38. The normalized spacial score (nSPS) is 18.3. The first kappa shape index (κ1) is 8.74. The van der Waals surface area contributed by atoms with E-state index in [1.165, 1.54) is 0 Å². The Morgan fingerprint density at radius 2 is 2.07 bits per heavy atom. The molecule has 1 fully saturated rings. The van der Waals surface area contributed by atoms with E-state index in [9.17, 15) is 4.79 Å². The van der Waals surface area contributed by atoms with Crippen LogP contribution in [0, 0.1) is 0 Å². The van der Waals surface area contributed by atoms with Crippen molar-refractivity contribution in [3.8, 4) is 0 Å². The van der Waals surface area contributed by atoms with E-state index < -0.39 is 0 Å². The Labute approximate surface area is 81.6 Å². The standard InChI is InChI=1S/C10H10N2O2/c13-10-9(6-7-14-10)12-11-8-4-2-1-3-5-8/h1-5,11H,6-7H2. The van der Waals surface area contributed by atoms with Gasteiger partial charge in [-0.3, -0.25) is 5.43 Å². The fourth-order valence-electron chi connectivity index (χ4n) is 1.17. The van der Waals surface area contributed by atoms with Crippen molar-refractivity contribution < 1.29 is 9.53 Å². The van der Waals surface area contributed by atoms with Gasteiger partial charge >= 0.3 is 5.97 Å². The Hall–Kier alpha value is -1.84. The average Bonchev–Trinajstić information content (AvgIpc) is 2.63. The number of carbonyl (C=O) groups excluding carboxylic acids is 1. The highest BCUT2D eigenvalue weighted by Crippen LogP contribution is 2.07. The van der Waals surface area contributed by atoms with E-state index in [1.807, 2.05) is 30.3 Å². The summed E-state index contributed by atoms with van der Waals surface area (Å²) in [7, 11) is 0. The van der Waals surface area contributed by atoms with Gasteiger partial charge in [0.15, 0.2) is 0 Å². The molecule has 1 aromatic rings. The summed E-state index contributed by atoms with van der Waals surface area (Å²) in [5.41, 5.74) is 4.12. The minimum Gasteiger partial charge on any atom is -0.461 e. The Bertz CT molecular complexity index is 360. The SMILES string of the molecule is O=C1OCCC1=NNc1ccccc1. The molecule has 4 heteroatoms. The first-order chi connectivity index (χ1) is 6.86. The zero-order valence-electron chi connectivity index (χ0n) is 7.56. The van der Waals surface area contributed by atoms with Gasteiger partial charge < -0.3 is 4.74 Å². The molecular formula is C10H10N2O2. The van der Waals surface area contributed by atoms with Gasteiger partial charge in [0.1, 0.15) is 5.71 Å². The number of cyclic esters (lactones) is 1. The van der Waals surface area contributed by atoms with Gasteiger partial charge in [0.2, 0.25) is 0 Å². The average molecular weight is 190 g/mol. The van der Waals surface area contributed by atoms with Crippen LogP contribution in [0.3, 0.4) is 0 Å². The lowest BCUT2D eigenvalue weighted by molar-refractivity contribution is -0.132. The van der Waals surface area contributed by atoms with Gasteiger partial charge in [0, 0.05) is 6.42 Å². The third kappa shape index (κ3) is 1.90. The monoisotopic (exact) mass is 190 g/mol. The first-order valence-electron chi connectivity index (χ1n) is 4.41. The van der Waals surface area contributed by atoms with Crippen molar-refractivity contribution in [2.24, 2.45) is 5.10 Å².